The summed E-state index contributed by atoms with van der Waals surface area (Å²) in [6.07, 6.45) is 4.60. The number of aliphatic hydroxyl groups excluding tert-OH is 1. The highest BCUT2D eigenvalue weighted by Crippen LogP contribution is 2.40. The first-order chi connectivity index (χ1) is 17.4. The lowest BCUT2D eigenvalue weighted by Gasteiger charge is -2.37. The van der Waals surface area contributed by atoms with Crippen LogP contribution in [0.25, 0.3) is 0 Å². The number of ether oxygens (including phenoxy) is 3. The molecule has 0 saturated carbocycles. The van der Waals surface area contributed by atoms with E-state index in [0.29, 0.717) is 35.4 Å². The lowest BCUT2D eigenvalue weighted by Crippen LogP contribution is -2.49. The van der Waals surface area contributed by atoms with Gasteiger partial charge in [0.2, 0.25) is 5.79 Å². The van der Waals surface area contributed by atoms with E-state index in [4.69, 9.17) is 37.4 Å². The standard InChI is InChI=1S/C26H30Cl2N4O4/c1-19(33)31-10-12-32(13-11-31)21-3-5-22(6-4-21)34-15-23-16-35-26(36-23,17-30-9-8-29-18-30)24-7-2-20(27)14-25(24)28/h2-9,14,18-19,23,33H,10-13,15-17H2,1H3. The summed E-state index contributed by atoms with van der Waals surface area (Å²) < 4.78 is 20.6. The summed E-state index contributed by atoms with van der Waals surface area (Å²) in [5.41, 5.74) is 1.86. The van der Waals surface area contributed by atoms with E-state index in [1.807, 2.05) is 35.9 Å². The number of aliphatic hydroxyl groups is 1. The molecule has 0 amide bonds. The van der Waals surface area contributed by atoms with Crippen molar-refractivity contribution in [2.24, 2.45) is 0 Å². The molecule has 0 spiro atoms. The van der Waals surface area contributed by atoms with Crippen LogP contribution in [-0.4, -0.2) is 71.3 Å². The van der Waals surface area contributed by atoms with Gasteiger partial charge in [-0.05, 0) is 43.3 Å². The average Bonchev–Trinajstić information content (AvgIpc) is 3.54. The molecule has 2 saturated heterocycles. The second-order valence-electron chi connectivity index (χ2n) is 9.12. The largest absolute Gasteiger partial charge is 0.491 e. The first-order valence-corrected chi connectivity index (χ1v) is 12.8. The van der Waals surface area contributed by atoms with Crippen molar-refractivity contribution in [1.29, 1.82) is 0 Å². The second-order valence-corrected chi connectivity index (χ2v) is 9.97. The Bertz CT molecular complexity index is 1140. The molecule has 2 aromatic carbocycles. The Balaban J connectivity index is 1.21. The smallest absolute Gasteiger partial charge is 0.215 e. The molecule has 192 valence electrons. The van der Waals surface area contributed by atoms with E-state index < -0.39 is 12.0 Å². The van der Waals surface area contributed by atoms with Gasteiger partial charge in [0.15, 0.2) is 0 Å². The molecule has 3 unspecified atom stereocenters. The zero-order valence-corrected chi connectivity index (χ0v) is 21.6. The van der Waals surface area contributed by atoms with Gasteiger partial charge in [-0.15, -0.1) is 0 Å². The van der Waals surface area contributed by atoms with Crippen LogP contribution in [0.4, 0.5) is 5.69 Å². The number of aromatic nitrogens is 2. The summed E-state index contributed by atoms with van der Waals surface area (Å²) in [4.78, 5) is 8.52. The topological polar surface area (TPSA) is 72.2 Å². The molecule has 36 heavy (non-hydrogen) atoms. The van der Waals surface area contributed by atoms with E-state index in [-0.39, 0.29) is 6.10 Å². The third-order valence-corrected chi connectivity index (χ3v) is 7.18. The highest BCUT2D eigenvalue weighted by atomic mass is 35.5. The molecule has 3 heterocycles. The Hall–Kier alpha value is -2.33. The number of anilines is 1. The van der Waals surface area contributed by atoms with E-state index in [9.17, 15) is 5.11 Å². The Labute approximate surface area is 220 Å². The zero-order valence-electron chi connectivity index (χ0n) is 20.1. The lowest BCUT2D eigenvalue weighted by molar-refractivity contribution is -0.189. The van der Waals surface area contributed by atoms with Gasteiger partial charge in [-0.25, -0.2) is 4.98 Å². The van der Waals surface area contributed by atoms with Gasteiger partial charge in [-0.1, -0.05) is 29.3 Å². The summed E-state index contributed by atoms with van der Waals surface area (Å²) in [7, 11) is 0. The molecule has 3 aromatic rings. The van der Waals surface area contributed by atoms with E-state index in [1.54, 1.807) is 24.7 Å². The third-order valence-electron chi connectivity index (χ3n) is 6.63. The fraction of sp³-hybridized carbons (Fsp3) is 0.423. The van der Waals surface area contributed by atoms with Gasteiger partial charge in [0.1, 0.15) is 24.7 Å². The Morgan fingerprint density at radius 3 is 2.58 bits per heavy atom. The van der Waals surface area contributed by atoms with Gasteiger partial charge in [0.25, 0.3) is 0 Å². The number of piperazine rings is 1. The normalized spacial score (nSPS) is 23.7. The fourth-order valence-electron chi connectivity index (χ4n) is 4.67. The number of hydrogen-bond donors (Lipinski definition) is 1. The predicted molar refractivity (Wildman–Crippen MR) is 139 cm³/mol. The molecule has 2 fully saturated rings. The van der Waals surface area contributed by atoms with E-state index in [1.165, 1.54) is 0 Å². The van der Waals surface area contributed by atoms with Crippen molar-refractivity contribution in [2.45, 2.75) is 31.6 Å². The van der Waals surface area contributed by atoms with Crippen LogP contribution in [0.3, 0.4) is 0 Å². The number of benzene rings is 2. The number of rotatable bonds is 8. The van der Waals surface area contributed by atoms with Crippen molar-refractivity contribution in [3.63, 3.8) is 0 Å². The van der Waals surface area contributed by atoms with Crippen LogP contribution in [0.15, 0.2) is 61.2 Å². The maximum atomic E-state index is 9.76. The predicted octanol–water partition coefficient (Wildman–Crippen LogP) is 4.00. The molecule has 1 N–H and O–H groups in total. The van der Waals surface area contributed by atoms with Gasteiger partial charge >= 0.3 is 0 Å². The maximum Gasteiger partial charge on any atom is 0.215 e. The van der Waals surface area contributed by atoms with Crippen LogP contribution in [0.5, 0.6) is 5.75 Å². The molecule has 0 aliphatic carbocycles. The summed E-state index contributed by atoms with van der Waals surface area (Å²) in [5.74, 6) is -0.310. The summed E-state index contributed by atoms with van der Waals surface area (Å²) in [6, 6.07) is 13.4. The Morgan fingerprint density at radius 1 is 1.14 bits per heavy atom. The van der Waals surface area contributed by atoms with Gasteiger partial charge in [0.05, 0.1) is 24.5 Å². The minimum atomic E-state index is -1.07. The lowest BCUT2D eigenvalue weighted by atomic mass is 10.1. The van der Waals surface area contributed by atoms with Crippen LogP contribution in [-0.2, 0) is 21.8 Å². The molecule has 3 atom stereocenters. The molecule has 2 aliphatic rings. The number of halogens is 2. The minimum Gasteiger partial charge on any atom is -0.491 e. The summed E-state index contributed by atoms with van der Waals surface area (Å²) >= 11 is 12.7. The Morgan fingerprint density at radius 2 is 1.92 bits per heavy atom. The van der Waals surface area contributed by atoms with Crippen molar-refractivity contribution in [1.82, 2.24) is 14.5 Å². The monoisotopic (exact) mass is 532 g/mol. The van der Waals surface area contributed by atoms with Crippen LogP contribution in [0.2, 0.25) is 10.0 Å². The maximum absolute atomic E-state index is 9.76. The van der Waals surface area contributed by atoms with Gasteiger partial charge in [0, 0.05) is 54.8 Å². The van der Waals surface area contributed by atoms with Gasteiger partial charge < -0.3 is 28.8 Å². The highest BCUT2D eigenvalue weighted by molar-refractivity contribution is 6.35. The van der Waals surface area contributed by atoms with Crippen molar-refractivity contribution in [2.75, 3.05) is 44.3 Å². The minimum absolute atomic E-state index is 0.284. The van der Waals surface area contributed by atoms with Gasteiger partial charge in [-0.3, -0.25) is 4.90 Å². The van der Waals surface area contributed by atoms with Crippen LogP contribution in [0, 0.1) is 0 Å². The quantitative estimate of drug-likeness (QED) is 0.470. The van der Waals surface area contributed by atoms with E-state index in [0.717, 1.165) is 37.6 Å². The number of nitrogens with zero attached hydrogens (tertiary/aromatic N) is 4. The van der Waals surface area contributed by atoms with Crippen molar-refractivity contribution in [3.8, 4) is 5.75 Å². The second kappa shape index (κ2) is 11.0. The SMILES string of the molecule is CC(O)N1CCN(c2ccc(OCC3COC(Cn4ccnc4)(c4ccc(Cl)cc4Cl)O3)cc2)CC1. The summed E-state index contributed by atoms with van der Waals surface area (Å²) in [6.45, 7) is 6.34. The Kier molecular flexibility index (Phi) is 7.71. The van der Waals surface area contributed by atoms with Crippen LogP contribution >= 0.6 is 23.2 Å². The first kappa shape index (κ1) is 25.3. The molecule has 0 bridgehead atoms. The molecule has 2 aliphatic heterocycles. The molecular formula is C26H30Cl2N4O4. The van der Waals surface area contributed by atoms with E-state index >= 15 is 0 Å². The first-order valence-electron chi connectivity index (χ1n) is 12.0. The fourth-order valence-corrected chi connectivity index (χ4v) is 5.22. The molecule has 1 aromatic heterocycles. The van der Waals surface area contributed by atoms with Crippen molar-refractivity contribution >= 4 is 28.9 Å². The number of imidazole rings is 1. The van der Waals surface area contributed by atoms with Crippen LogP contribution in [0.1, 0.15) is 12.5 Å². The van der Waals surface area contributed by atoms with Crippen molar-refractivity contribution < 1.29 is 19.3 Å². The van der Waals surface area contributed by atoms with Crippen molar-refractivity contribution in [3.05, 3.63) is 76.8 Å². The van der Waals surface area contributed by atoms with Gasteiger partial charge in [-0.2, -0.15) is 0 Å². The van der Waals surface area contributed by atoms with E-state index in [2.05, 4.69) is 26.9 Å². The zero-order chi connectivity index (χ0) is 25.1. The highest BCUT2D eigenvalue weighted by Gasteiger charge is 2.45. The molecule has 8 nitrogen and oxygen atoms in total. The third kappa shape index (κ3) is 5.64. The molecule has 5 rings (SSSR count). The number of hydrogen-bond acceptors (Lipinski definition) is 7. The molecule has 10 heteroatoms. The molecule has 0 radical (unpaired) electrons. The van der Waals surface area contributed by atoms with Crippen LogP contribution < -0.4 is 9.64 Å². The average molecular weight is 533 g/mol. The molecular weight excluding hydrogens is 503 g/mol. The summed E-state index contributed by atoms with van der Waals surface area (Å²) in [5, 5.41) is 10.8.